The quantitative estimate of drug-likeness (QED) is 0.839. The predicted octanol–water partition coefficient (Wildman–Crippen LogP) is 3.38. The van der Waals surface area contributed by atoms with Gasteiger partial charge in [-0.25, -0.2) is 4.39 Å². The molecule has 1 aliphatic heterocycles. The summed E-state index contributed by atoms with van der Waals surface area (Å²) in [5, 5.41) is 0. The summed E-state index contributed by atoms with van der Waals surface area (Å²) >= 11 is 0. The zero-order valence-electron chi connectivity index (χ0n) is 15.2. The van der Waals surface area contributed by atoms with Gasteiger partial charge in [0.2, 0.25) is 5.91 Å². The molecule has 1 saturated heterocycles. The summed E-state index contributed by atoms with van der Waals surface area (Å²) in [5.74, 6) is 0.412. The Kier molecular flexibility index (Phi) is 3.96. The molecule has 1 saturated carbocycles. The predicted molar refractivity (Wildman–Crippen MR) is 104 cm³/mol. The van der Waals surface area contributed by atoms with E-state index in [1.807, 2.05) is 17.2 Å². The van der Waals surface area contributed by atoms with Crippen LogP contribution in [0.4, 0.5) is 10.1 Å². The Bertz CT molecular complexity index is 927. The number of benzene rings is 1. The van der Waals surface area contributed by atoms with Crippen molar-refractivity contribution in [1.29, 1.82) is 0 Å². The van der Waals surface area contributed by atoms with Gasteiger partial charge in [0.25, 0.3) is 0 Å². The Labute approximate surface area is 158 Å². The number of carbonyl (C=O) groups excluding carboxylic acids is 1. The van der Waals surface area contributed by atoms with Crippen molar-refractivity contribution in [3.63, 3.8) is 0 Å². The summed E-state index contributed by atoms with van der Waals surface area (Å²) in [7, 11) is 0. The molecule has 2 aliphatic carbocycles. The second-order valence-electron chi connectivity index (χ2n) is 7.63. The van der Waals surface area contributed by atoms with E-state index in [0.717, 1.165) is 67.8 Å². The van der Waals surface area contributed by atoms with Gasteiger partial charge >= 0.3 is 0 Å². The molecular weight excluding hydrogens is 341 g/mol. The van der Waals surface area contributed by atoms with Gasteiger partial charge in [0, 0.05) is 56.0 Å². The number of rotatable bonds is 3. The van der Waals surface area contributed by atoms with Crippen LogP contribution in [0.3, 0.4) is 0 Å². The van der Waals surface area contributed by atoms with Gasteiger partial charge in [-0.05, 0) is 48.3 Å². The molecule has 27 heavy (non-hydrogen) atoms. The Hall–Kier alpha value is -2.69. The molecule has 5 heteroatoms. The fourth-order valence-corrected chi connectivity index (χ4v) is 4.11. The number of pyridine rings is 1. The molecule has 0 N–H and O–H groups in total. The Morgan fingerprint density at radius 2 is 1.93 bits per heavy atom. The van der Waals surface area contributed by atoms with Crippen LogP contribution < -0.4 is 4.90 Å². The molecule has 2 fully saturated rings. The molecule has 4 nitrogen and oxygen atoms in total. The molecule has 1 amide bonds. The highest BCUT2D eigenvalue weighted by Crippen LogP contribution is 2.37. The number of nitrogens with zero attached hydrogens (tertiary/aromatic N) is 3. The van der Waals surface area contributed by atoms with Gasteiger partial charge in [-0.2, -0.15) is 0 Å². The van der Waals surface area contributed by atoms with Gasteiger partial charge in [-0.1, -0.05) is 12.1 Å². The van der Waals surface area contributed by atoms with Crippen molar-refractivity contribution < 1.29 is 9.18 Å². The van der Waals surface area contributed by atoms with E-state index < -0.39 is 0 Å². The average Bonchev–Trinajstić information content (AvgIpc) is 3.45. The van der Waals surface area contributed by atoms with Crippen molar-refractivity contribution in [3.8, 4) is 0 Å². The highest BCUT2D eigenvalue weighted by molar-refractivity contribution is 5.92. The number of allylic oxidation sites excluding steroid dienone is 1. The highest BCUT2D eigenvalue weighted by atomic mass is 19.1. The first-order valence-electron chi connectivity index (χ1n) is 9.67. The van der Waals surface area contributed by atoms with E-state index in [4.69, 9.17) is 0 Å². The van der Waals surface area contributed by atoms with Crippen LogP contribution in [-0.2, 0) is 11.2 Å². The maximum atomic E-state index is 13.6. The van der Waals surface area contributed by atoms with Gasteiger partial charge in [-0.15, -0.1) is 0 Å². The third kappa shape index (κ3) is 3.11. The van der Waals surface area contributed by atoms with Crippen LogP contribution in [0.25, 0.3) is 11.6 Å². The van der Waals surface area contributed by atoms with Crippen LogP contribution in [0.15, 0.2) is 36.5 Å². The Balaban J connectivity index is 1.37. The molecular formula is C22H22FN3O. The summed E-state index contributed by atoms with van der Waals surface area (Å²) in [6, 6.07) is 8.81. The lowest BCUT2D eigenvalue weighted by Crippen LogP contribution is -2.49. The SMILES string of the molecule is O=C(C1CC1)N1CCN(c2ccnc3c2C=C(c2cccc(F)c2)C3)CC1. The fraction of sp³-hybridized carbons (Fsp3) is 0.364. The molecule has 2 heterocycles. The van der Waals surface area contributed by atoms with E-state index in [1.54, 1.807) is 12.1 Å². The number of anilines is 1. The zero-order valence-corrected chi connectivity index (χ0v) is 15.2. The minimum absolute atomic E-state index is 0.214. The normalized spacial score (nSPS) is 19.1. The number of halogens is 1. The molecule has 1 aromatic carbocycles. The molecule has 0 radical (unpaired) electrons. The van der Waals surface area contributed by atoms with Crippen molar-refractivity contribution in [2.75, 3.05) is 31.1 Å². The third-order valence-corrected chi connectivity index (χ3v) is 5.78. The van der Waals surface area contributed by atoms with Crippen LogP contribution in [-0.4, -0.2) is 42.0 Å². The second-order valence-corrected chi connectivity index (χ2v) is 7.63. The maximum absolute atomic E-state index is 13.6. The lowest BCUT2D eigenvalue weighted by atomic mass is 10.1. The number of hydrogen-bond donors (Lipinski definition) is 0. The summed E-state index contributed by atoms with van der Waals surface area (Å²) in [4.78, 5) is 21.2. The monoisotopic (exact) mass is 363 g/mol. The lowest BCUT2D eigenvalue weighted by Gasteiger charge is -2.37. The van der Waals surface area contributed by atoms with Gasteiger partial charge in [0.15, 0.2) is 0 Å². The van der Waals surface area contributed by atoms with Gasteiger partial charge in [0.1, 0.15) is 5.82 Å². The first-order chi connectivity index (χ1) is 13.2. The van der Waals surface area contributed by atoms with E-state index in [9.17, 15) is 9.18 Å². The molecule has 3 aliphatic rings. The standard InChI is InChI=1S/C22H22FN3O/c23-18-3-1-2-16(12-18)17-13-19-20(14-17)24-7-6-21(19)25-8-10-26(11-9-25)22(27)15-4-5-15/h1-3,6-7,12-13,15H,4-5,8-11,14H2. The maximum Gasteiger partial charge on any atom is 0.225 e. The van der Waals surface area contributed by atoms with E-state index in [0.29, 0.717) is 11.8 Å². The first-order valence-corrected chi connectivity index (χ1v) is 9.67. The molecule has 1 aromatic heterocycles. The average molecular weight is 363 g/mol. The van der Waals surface area contributed by atoms with Crippen molar-refractivity contribution in [1.82, 2.24) is 9.88 Å². The van der Waals surface area contributed by atoms with Crippen LogP contribution >= 0.6 is 0 Å². The van der Waals surface area contributed by atoms with Crippen molar-refractivity contribution in [3.05, 3.63) is 59.2 Å². The molecule has 0 bridgehead atoms. The first kappa shape index (κ1) is 16.5. The number of carbonyl (C=O) groups is 1. The number of aromatic nitrogens is 1. The van der Waals surface area contributed by atoms with Crippen molar-refractivity contribution >= 4 is 23.2 Å². The van der Waals surface area contributed by atoms with Crippen LogP contribution in [0.1, 0.15) is 29.7 Å². The smallest absolute Gasteiger partial charge is 0.225 e. The molecule has 0 unspecified atom stereocenters. The summed E-state index contributed by atoms with van der Waals surface area (Å²) < 4.78 is 13.6. The van der Waals surface area contributed by atoms with Gasteiger partial charge in [-0.3, -0.25) is 9.78 Å². The number of hydrogen-bond acceptors (Lipinski definition) is 3. The summed E-state index contributed by atoms with van der Waals surface area (Å²) in [6.45, 7) is 3.26. The highest BCUT2D eigenvalue weighted by Gasteiger charge is 2.35. The summed E-state index contributed by atoms with van der Waals surface area (Å²) in [6.07, 6.45) is 6.86. The number of amides is 1. The molecule has 0 atom stereocenters. The third-order valence-electron chi connectivity index (χ3n) is 5.78. The molecule has 138 valence electrons. The van der Waals surface area contributed by atoms with E-state index in [1.165, 1.54) is 11.8 Å². The van der Waals surface area contributed by atoms with Gasteiger partial charge in [0.05, 0.1) is 5.69 Å². The van der Waals surface area contributed by atoms with E-state index in [2.05, 4.69) is 22.0 Å². The van der Waals surface area contributed by atoms with Crippen molar-refractivity contribution in [2.45, 2.75) is 19.3 Å². The summed E-state index contributed by atoms with van der Waals surface area (Å²) in [5.41, 5.74) is 5.37. The fourth-order valence-electron chi connectivity index (χ4n) is 4.11. The Morgan fingerprint density at radius 1 is 1.11 bits per heavy atom. The number of fused-ring (bicyclic) bond motifs is 1. The Morgan fingerprint density at radius 3 is 2.67 bits per heavy atom. The van der Waals surface area contributed by atoms with Crippen LogP contribution in [0, 0.1) is 11.7 Å². The zero-order chi connectivity index (χ0) is 18.4. The van der Waals surface area contributed by atoms with E-state index >= 15 is 0 Å². The van der Waals surface area contributed by atoms with E-state index in [-0.39, 0.29) is 5.82 Å². The van der Waals surface area contributed by atoms with Crippen LogP contribution in [0.5, 0.6) is 0 Å². The van der Waals surface area contributed by atoms with Crippen LogP contribution in [0.2, 0.25) is 0 Å². The largest absolute Gasteiger partial charge is 0.367 e. The lowest BCUT2D eigenvalue weighted by molar-refractivity contribution is -0.132. The van der Waals surface area contributed by atoms with Crippen molar-refractivity contribution in [2.24, 2.45) is 5.92 Å². The minimum atomic E-state index is -0.214. The molecule has 0 spiro atoms. The minimum Gasteiger partial charge on any atom is -0.367 e. The topological polar surface area (TPSA) is 36.4 Å². The number of piperazine rings is 1. The molecule has 5 rings (SSSR count). The van der Waals surface area contributed by atoms with Gasteiger partial charge < -0.3 is 9.80 Å². The molecule has 2 aromatic rings. The second kappa shape index (κ2) is 6.48.